The first-order chi connectivity index (χ1) is 7.11. The maximum absolute atomic E-state index is 10.6. The summed E-state index contributed by atoms with van der Waals surface area (Å²) in [7, 11) is 0. The molecular formula is C12H19BrO2. The third-order valence-corrected chi connectivity index (χ3v) is 3.26. The van der Waals surface area contributed by atoms with Gasteiger partial charge in [-0.2, -0.15) is 0 Å². The van der Waals surface area contributed by atoms with E-state index in [-0.39, 0.29) is 0 Å². The van der Waals surface area contributed by atoms with Crippen LogP contribution in [-0.4, -0.2) is 16.9 Å². The van der Waals surface area contributed by atoms with Gasteiger partial charge in [0.2, 0.25) is 0 Å². The van der Waals surface area contributed by atoms with Crippen LogP contribution >= 0.6 is 15.9 Å². The molecule has 2 rings (SSSR count). The number of alkyl halides is 1. The van der Waals surface area contributed by atoms with Crippen LogP contribution in [0.5, 0.6) is 0 Å². The van der Waals surface area contributed by atoms with Gasteiger partial charge in [0.15, 0.2) is 0 Å². The number of carbonyl (C=O) groups excluding carboxylic acids is 2. The molecule has 86 valence electrons. The van der Waals surface area contributed by atoms with E-state index in [0.717, 1.165) is 24.7 Å². The van der Waals surface area contributed by atoms with E-state index < -0.39 is 0 Å². The summed E-state index contributed by atoms with van der Waals surface area (Å²) < 4.78 is 0. The van der Waals surface area contributed by atoms with Crippen molar-refractivity contribution in [3.63, 3.8) is 0 Å². The van der Waals surface area contributed by atoms with Crippen LogP contribution in [0.2, 0.25) is 0 Å². The minimum Gasteiger partial charge on any atom is -0.300 e. The van der Waals surface area contributed by atoms with Gasteiger partial charge in [-0.1, -0.05) is 15.9 Å². The molecule has 2 nitrogen and oxygen atoms in total. The Morgan fingerprint density at radius 2 is 1.53 bits per heavy atom. The summed E-state index contributed by atoms with van der Waals surface area (Å²) in [5.41, 5.74) is 0. The average molecular weight is 275 g/mol. The van der Waals surface area contributed by atoms with Crippen molar-refractivity contribution >= 4 is 27.5 Å². The average Bonchev–Trinajstić information content (AvgIpc) is 3.00. The molecule has 2 fully saturated rings. The lowest BCUT2D eigenvalue weighted by Crippen LogP contribution is -1.98. The first kappa shape index (κ1) is 12.9. The number of hydrogen-bond acceptors (Lipinski definition) is 2. The Morgan fingerprint density at radius 1 is 1.07 bits per heavy atom. The van der Waals surface area contributed by atoms with Crippen molar-refractivity contribution in [2.24, 2.45) is 11.8 Å². The predicted molar refractivity (Wildman–Crippen MR) is 64.2 cm³/mol. The molecular weight excluding hydrogens is 256 g/mol. The van der Waals surface area contributed by atoms with Gasteiger partial charge in [-0.25, -0.2) is 0 Å². The van der Waals surface area contributed by atoms with Crippen molar-refractivity contribution in [3.8, 4) is 0 Å². The number of hydrogen-bond donors (Lipinski definition) is 0. The maximum atomic E-state index is 10.6. The van der Waals surface area contributed by atoms with E-state index in [4.69, 9.17) is 0 Å². The fourth-order valence-corrected chi connectivity index (χ4v) is 1.66. The summed E-state index contributed by atoms with van der Waals surface area (Å²) >= 11 is 3.12. The summed E-state index contributed by atoms with van der Waals surface area (Å²) in [4.78, 5) is 20.9. The second kappa shape index (κ2) is 6.41. The molecule has 15 heavy (non-hydrogen) atoms. The van der Waals surface area contributed by atoms with Gasteiger partial charge in [-0.05, 0) is 44.4 Å². The number of carbonyl (C=O) groups is 2. The van der Waals surface area contributed by atoms with E-state index in [9.17, 15) is 9.59 Å². The smallest absolute Gasteiger partial charge is 0.143 e. The molecule has 0 aromatic heterocycles. The Kier molecular flexibility index (Phi) is 5.51. The van der Waals surface area contributed by atoms with Crippen molar-refractivity contribution in [2.45, 2.75) is 45.4 Å². The molecule has 0 spiro atoms. The van der Waals surface area contributed by atoms with Gasteiger partial charge in [-0.3, -0.25) is 4.79 Å². The lowest BCUT2D eigenvalue weighted by molar-refractivity contribution is -0.117. The van der Waals surface area contributed by atoms with Gasteiger partial charge < -0.3 is 4.79 Å². The molecule has 0 aromatic carbocycles. The molecule has 0 bridgehead atoms. The Balaban J connectivity index is 0.000000151. The van der Waals surface area contributed by atoms with Gasteiger partial charge in [0.25, 0.3) is 0 Å². The summed E-state index contributed by atoms with van der Waals surface area (Å²) in [6.07, 6.45) is 6.78. The zero-order valence-corrected chi connectivity index (χ0v) is 10.9. The molecule has 0 aromatic rings. The van der Waals surface area contributed by atoms with Gasteiger partial charge in [0.1, 0.15) is 11.6 Å². The second-order valence-electron chi connectivity index (χ2n) is 4.67. The highest BCUT2D eigenvalue weighted by Crippen LogP contribution is 2.32. The molecule has 0 amide bonds. The Morgan fingerprint density at radius 3 is 1.80 bits per heavy atom. The van der Waals surface area contributed by atoms with Crippen LogP contribution in [0.1, 0.15) is 45.4 Å². The van der Waals surface area contributed by atoms with E-state index in [0.29, 0.717) is 16.9 Å². The third kappa shape index (κ3) is 7.71. The van der Waals surface area contributed by atoms with Crippen LogP contribution < -0.4 is 0 Å². The number of Topliss-reactive ketones (excluding diaryl/α,β-unsaturated/α-hetero) is 2. The van der Waals surface area contributed by atoms with Crippen LogP contribution in [0.3, 0.4) is 0 Å². The normalized spacial score (nSPS) is 19.1. The van der Waals surface area contributed by atoms with E-state index in [1.807, 2.05) is 0 Å². The molecule has 0 aliphatic heterocycles. The topological polar surface area (TPSA) is 34.1 Å². The summed E-state index contributed by atoms with van der Waals surface area (Å²) in [5.74, 6) is 2.23. The quantitative estimate of drug-likeness (QED) is 0.722. The van der Waals surface area contributed by atoms with Crippen LogP contribution in [0, 0.1) is 11.8 Å². The monoisotopic (exact) mass is 274 g/mol. The second-order valence-corrected chi connectivity index (χ2v) is 5.23. The lowest BCUT2D eigenvalue weighted by atomic mass is 10.2. The largest absolute Gasteiger partial charge is 0.300 e. The Labute approximate surface area is 99.9 Å². The molecule has 0 atom stereocenters. The van der Waals surface area contributed by atoms with Gasteiger partial charge in [0.05, 0.1) is 5.33 Å². The van der Waals surface area contributed by atoms with Crippen molar-refractivity contribution in [3.05, 3.63) is 0 Å². The Hall–Kier alpha value is -0.180. The first-order valence-corrected chi connectivity index (χ1v) is 6.81. The number of rotatable bonds is 5. The van der Waals surface area contributed by atoms with Crippen molar-refractivity contribution in [2.75, 3.05) is 5.33 Å². The molecule has 3 heteroatoms. The molecule has 2 saturated carbocycles. The minimum absolute atomic E-state index is 0.350. The Bertz CT molecular complexity index is 230. The summed E-state index contributed by atoms with van der Waals surface area (Å²) in [5, 5.41) is 0.545. The molecule has 0 radical (unpaired) electrons. The van der Waals surface area contributed by atoms with Gasteiger partial charge >= 0.3 is 0 Å². The third-order valence-electron chi connectivity index (χ3n) is 2.64. The van der Waals surface area contributed by atoms with E-state index in [1.54, 1.807) is 6.92 Å². The van der Waals surface area contributed by atoms with E-state index >= 15 is 0 Å². The van der Waals surface area contributed by atoms with Gasteiger partial charge in [-0.15, -0.1) is 0 Å². The fraction of sp³-hybridized carbons (Fsp3) is 0.833. The lowest BCUT2D eigenvalue weighted by Gasteiger charge is -1.88. The molecule has 0 unspecified atom stereocenters. The van der Waals surface area contributed by atoms with Crippen LogP contribution in [0.15, 0.2) is 0 Å². The van der Waals surface area contributed by atoms with Gasteiger partial charge in [0, 0.05) is 12.8 Å². The number of ketones is 2. The summed E-state index contributed by atoms with van der Waals surface area (Å²) in [6, 6.07) is 0. The summed E-state index contributed by atoms with van der Waals surface area (Å²) in [6.45, 7) is 1.66. The highest BCUT2D eigenvalue weighted by Gasteiger charge is 2.23. The standard InChI is InChI=1S/C6H9BrO.C6H10O/c7-4-6(8)3-5-1-2-5;1-5(7)4-6-2-3-6/h5H,1-4H2;6H,2-4H2,1H3. The van der Waals surface area contributed by atoms with Crippen molar-refractivity contribution < 1.29 is 9.59 Å². The van der Waals surface area contributed by atoms with Crippen molar-refractivity contribution in [1.29, 1.82) is 0 Å². The van der Waals surface area contributed by atoms with E-state index in [1.165, 1.54) is 25.7 Å². The van der Waals surface area contributed by atoms with Crippen LogP contribution in [0.4, 0.5) is 0 Å². The minimum atomic E-state index is 0.350. The molecule has 2 aliphatic rings. The van der Waals surface area contributed by atoms with Crippen LogP contribution in [-0.2, 0) is 9.59 Å². The van der Waals surface area contributed by atoms with Crippen molar-refractivity contribution in [1.82, 2.24) is 0 Å². The molecule has 0 N–H and O–H groups in total. The number of halogens is 1. The fourth-order valence-electron chi connectivity index (χ4n) is 1.43. The highest BCUT2D eigenvalue weighted by molar-refractivity contribution is 9.09. The maximum Gasteiger partial charge on any atom is 0.143 e. The highest BCUT2D eigenvalue weighted by atomic mass is 79.9. The first-order valence-electron chi connectivity index (χ1n) is 5.69. The SMILES string of the molecule is CC(=O)CC1CC1.O=C(CBr)CC1CC1. The molecule has 0 heterocycles. The van der Waals surface area contributed by atoms with E-state index in [2.05, 4.69) is 15.9 Å². The zero-order valence-electron chi connectivity index (χ0n) is 9.30. The van der Waals surface area contributed by atoms with Crippen LogP contribution in [0.25, 0.3) is 0 Å². The zero-order chi connectivity index (χ0) is 11.3. The molecule has 2 aliphatic carbocycles. The predicted octanol–water partition coefficient (Wildman–Crippen LogP) is 3.13. The molecule has 0 saturated heterocycles.